The number of nitrogens with one attached hydrogen (secondary N) is 1. The third kappa shape index (κ3) is 4.16. The van der Waals surface area contributed by atoms with E-state index in [0.29, 0.717) is 23.7 Å². The fourth-order valence-electron chi connectivity index (χ4n) is 1.19. The van der Waals surface area contributed by atoms with E-state index in [-0.39, 0.29) is 18.4 Å². The predicted molar refractivity (Wildman–Crippen MR) is 62.4 cm³/mol. The third-order valence-corrected chi connectivity index (χ3v) is 2.42. The molecule has 0 fully saturated rings. The minimum absolute atomic E-state index is 0.135. The topological polar surface area (TPSA) is 62.2 Å². The maximum absolute atomic E-state index is 11.6. The van der Waals surface area contributed by atoms with Crippen LogP contribution in [0.25, 0.3) is 0 Å². The van der Waals surface area contributed by atoms with E-state index in [2.05, 4.69) is 10.3 Å². The molecule has 5 heteroatoms. The van der Waals surface area contributed by atoms with Gasteiger partial charge < -0.3 is 10.4 Å². The molecule has 16 heavy (non-hydrogen) atoms. The lowest BCUT2D eigenvalue weighted by molar-refractivity contribution is 0.0940. The zero-order chi connectivity index (χ0) is 12.0. The summed E-state index contributed by atoms with van der Waals surface area (Å²) in [5.41, 5.74) is 0.348. The summed E-state index contributed by atoms with van der Waals surface area (Å²) >= 11 is 5.66. The van der Waals surface area contributed by atoms with Crippen LogP contribution in [0.5, 0.6) is 0 Å². The first-order chi connectivity index (χ1) is 7.63. The van der Waals surface area contributed by atoms with Crippen molar-refractivity contribution in [3.8, 4) is 0 Å². The Bertz CT molecular complexity index is 340. The fourth-order valence-corrected chi connectivity index (χ4v) is 1.30. The van der Waals surface area contributed by atoms with Crippen LogP contribution in [0.2, 0.25) is 5.02 Å². The van der Waals surface area contributed by atoms with Crippen LogP contribution >= 0.6 is 11.6 Å². The van der Waals surface area contributed by atoms with Crippen LogP contribution in [-0.2, 0) is 0 Å². The minimum Gasteiger partial charge on any atom is -0.396 e. The molecule has 1 unspecified atom stereocenters. The predicted octanol–water partition coefficient (Wildman–Crippen LogP) is 1.48. The number of hydrogen-bond acceptors (Lipinski definition) is 3. The number of aliphatic hydroxyl groups excluding tert-OH is 1. The average molecular weight is 243 g/mol. The van der Waals surface area contributed by atoms with Gasteiger partial charge in [-0.2, -0.15) is 0 Å². The van der Waals surface area contributed by atoms with E-state index in [1.807, 2.05) is 6.92 Å². The quantitative estimate of drug-likeness (QED) is 0.822. The molecule has 0 spiro atoms. The Morgan fingerprint density at radius 3 is 2.94 bits per heavy atom. The number of pyridine rings is 1. The van der Waals surface area contributed by atoms with Gasteiger partial charge in [-0.05, 0) is 24.5 Å². The number of aliphatic hydroxyl groups is 1. The van der Waals surface area contributed by atoms with E-state index < -0.39 is 0 Å². The van der Waals surface area contributed by atoms with Gasteiger partial charge in [0, 0.05) is 19.3 Å². The molecule has 0 aliphatic rings. The van der Waals surface area contributed by atoms with Crippen LogP contribution in [0.1, 0.15) is 23.8 Å². The summed E-state index contributed by atoms with van der Waals surface area (Å²) in [5.74, 6) is 0.0303. The number of amides is 1. The third-order valence-electron chi connectivity index (χ3n) is 2.19. The number of carbonyl (C=O) groups excluding carboxylic acids is 1. The Morgan fingerprint density at radius 1 is 1.62 bits per heavy atom. The largest absolute Gasteiger partial charge is 0.396 e. The van der Waals surface area contributed by atoms with Crippen LogP contribution < -0.4 is 5.32 Å². The molecule has 0 saturated carbocycles. The van der Waals surface area contributed by atoms with Gasteiger partial charge >= 0.3 is 0 Å². The lowest BCUT2D eigenvalue weighted by atomic mass is 10.1. The second-order valence-electron chi connectivity index (χ2n) is 3.69. The first-order valence-electron chi connectivity index (χ1n) is 5.14. The lowest BCUT2D eigenvalue weighted by Crippen LogP contribution is -2.29. The van der Waals surface area contributed by atoms with Crippen LogP contribution in [0.4, 0.5) is 0 Å². The van der Waals surface area contributed by atoms with Crippen molar-refractivity contribution in [3.05, 3.63) is 29.0 Å². The molecule has 1 amide bonds. The van der Waals surface area contributed by atoms with E-state index >= 15 is 0 Å². The van der Waals surface area contributed by atoms with Gasteiger partial charge in [-0.15, -0.1) is 0 Å². The molecule has 1 aromatic rings. The Balaban J connectivity index is 2.43. The molecule has 1 aromatic heterocycles. The molecule has 1 atom stereocenters. The maximum atomic E-state index is 11.6. The summed E-state index contributed by atoms with van der Waals surface area (Å²) in [6.07, 6.45) is 2.11. The number of rotatable bonds is 5. The minimum atomic E-state index is -0.221. The number of hydrogen-bond donors (Lipinski definition) is 2. The molecular formula is C11H15ClN2O2. The van der Waals surface area contributed by atoms with Gasteiger partial charge in [-0.3, -0.25) is 4.79 Å². The van der Waals surface area contributed by atoms with Crippen LogP contribution in [0.3, 0.4) is 0 Å². The fraction of sp³-hybridized carbons (Fsp3) is 0.455. The summed E-state index contributed by atoms with van der Waals surface area (Å²) in [5, 5.41) is 12.0. The first kappa shape index (κ1) is 12.9. The number of aromatic nitrogens is 1. The van der Waals surface area contributed by atoms with Crippen LogP contribution in [-0.4, -0.2) is 29.1 Å². The van der Waals surface area contributed by atoms with Gasteiger partial charge in [0.2, 0.25) is 0 Å². The van der Waals surface area contributed by atoms with Gasteiger partial charge in [0.15, 0.2) is 0 Å². The van der Waals surface area contributed by atoms with Crippen molar-refractivity contribution in [1.29, 1.82) is 0 Å². The number of carbonyl (C=O) groups is 1. The lowest BCUT2D eigenvalue weighted by Gasteiger charge is -2.10. The van der Waals surface area contributed by atoms with E-state index in [1.165, 1.54) is 6.20 Å². The molecule has 1 rings (SSSR count). The Morgan fingerprint density at radius 2 is 2.38 bits per heavy atom. The van der Waals surface area contributed by atoms with Crippen LogP contribution in [0, 0.1) is 5.92 Å². The second-order valence-corrected chi connectivity index (χ2v) is 4.13. The van der Waals surface area contributed by atoms with Crippen molar-refractivity contribution in [2.24, 2.45) is 5.92 Å². The van der Waals surface area contributed by atoms with E-state index in [1.54, 1.807) is 12.1 Å². The number of nitrogens with zero attached hydrogens (tertiary/aromatic N) is 1. The normalized spacial score (nSPS) is 12.2. The molecule has 1 heterocycles. The average Bonchev–Trinajstić information content (AvgIpc) is 2.27. The van der Waals surface area contributed by atoms with Crippen molar-refractivity contribution in [2.75, 3.05) is 13.2 Å². The van der Waals surface area contributed by atoms with Gasteiger partial charge in [-0.25, -0.2) is 4.98 Å². The van der Waals surface area contributed by atoms with Gasteiger partial charge in [0.1, 0.15) is 5.69 Å². The zero-order valence-electron chi connectivity index (χ0n) is 9.11. The molecule has 0 aliphatic carbocycles. The van der Waals surface area contributed by atoms with Gasteiger partial charge in [0.25, 0.3) is 5.91 Å². The highest BCUT2D eigenvalue weighted by atomic mass is 35.5. The Labute approximate surface area is 99.6 Å². The van der Waals surface area contributed by atoms with Crippen molar-refractivity contribution in [1.82, 2.24) is 10.3 Å². The van der Waals surface area contributed by atoms with Gasteiger partial charge in [0.05, 0.1) is 5.02 Å². The van der Waals surface area contributed by atoms with Crippen molar-refractivity contribution >= 4 is 17.5 Å². The molecule has 4 nitrogen and oxygen atoms in total. The summed E-state index contributed by atoms with van der Waals surface area (Å²) in [6, 6.07) is 3.20. The molecule has 2 N–H and O–H groups in total. The maximum Gasteiger partial charge on any atom is 0.269 e. The molecule has 88 valence electrons. The van der Waals surface area contributed by atoms with E-state index in [4.69, 9.17) is 16.7 Å². The molecule has 0 aliphatic heterocycles. The first-order valence-corrected chi connectivity index (χ1v) is 5.52. The highest BCUT2D eigenvalue weighted by molar-refractivity contribution is 6.30. The number of halogens is 1. The van der Waals surface area contributed by atoms with Gasteiger partial charge in [-0.1, -0.05) is 18.5 Å². The molecule has 0 aromatic carbocycles. The zero-order valence-corrected chi connectivity index (χ0v) is 9.87. The molecule has 0 saturated heterocycles. The summed E-state index contributed by atoms with van der Waals surface area (Å²) in [4.78, 5) is 15.5. The molecule has 0 bridgehead atoms. The smallest absolute Gasteiger partial charge is 0.269 e. The Hall–Kier alpha value is -1.13. The van der Waals surface area contributed by atoms with E-state index in [9.17, 15) is 4.79 Å². The SMILES string of the molecule is CC(CCO)CNC(=O)c1ccc(Cl)cn1. The van der Waals surface area contributed by atoms with Crippen LogP contribution in [0.15, 0.2) is 18.3 Å². The summed E-state index contributed by atoms with van der Waals surface area (Å²) in [6.45, 7) is 2.63. The summed E-state index contributed by atoms with van der Waals surface area (Å²) in [7, 11) is 0. The van der Waals surface area contributed by atoms with Crippen molar-refractivity contribution < 1.29 is 9.90 Å². The van der Waals surface area contributed by atoms with Crippen molar-refractivity contribution in [3.63, 3.8) is 0 Å². The summed E-state index contributed by atoms with van der Waals surface area (Å²) < 4.78 is 0. The molecular weight excluding hydrogens is 228 g/mol. The standard InChI is InChI=1S/C11H15ClN2O2/c1-8(4-5-15)6-14-11(16)10-3-2-9(12)7-13-10/h2-3,7-8,15H,4-6H2,1H3,(H,14,16). The highest BCUT2D eigenvalue weighted by Gasteiger charge is 2.08. The van der Waals surface area contributed by atoms with E-state index in [0.717, 1.165) is 0 Å². The Kier molecular flexibility index (Phi) is 5.22. The molecule has 0 radical (unpaired) electrons. The van der Waals surface area contributed by atoms with Crippen molar-refractivity contribution in [2.45, 2.75) is 13.3 Å². The highest BCUT2D eigenvalue weighted by Crippen LogP contribution is 2.06. The second kappa shape index (κ2) is 6.45. The monoisotopic (exact) mass is 242 g/mol.